The van der Waals surface area contributed by atoms with Gasteiger partial charge in [0.1, 0.15) is 23.1 Å². The van der Waals surface area contributed by atoms with E-state index in [0.717, 1.165) is 40.4 Å². The highest BCUT2D eigenvalue weighted by molar-refractivity contribution is 7.99. The van der Waals surface area contributed by atoms with Gasteiger partial charge in [-0.2, -0.15) is 4.40 Å². The van der Waals surface area contributed by atoms with E-state index in [1.807, 2.05) is 39.0 Å². The zero-order valence-corrected chi connectivity index (χ0v) is 18.1. The molecule has 0 radical (unpaired) electrons. The Morgan fingerprint density at radius 1 is 1.07 bits per heavy atom. The summed E-state index contributed by atoms with van der Waals surface area (Å²) >= 11 is 1.50. The molecule has 0 spiro atoms. The minimum absolute atomic E-state index is 0.0126. The van der Waals surface area contributed by atoms with Crippen molar-refractivity contribution in [3.05, 3.63) is 48.0 Å². The maximum Gasteiger partial charge on any atom is 0.150 e. The molecular weight excluding hydrogens is 371 g/mol. The van der Waals surface area contributed by atoms with Gasteiger partial charge in [-0.15, -0.1) is 0 Å². The summed E-state index contributed by atoms with van der Waals surface area (Å²) in [5.74, 6) is 1.70. The standard InChI is InChI=1S/C21H23FN2OS.C2H6/c1-4-14(18(22)5-2)21-24-19-9-7-6-8-15(19)17-12-13(25-3)10-11-16(17)20(24)23-26-21;1-2/h6-12,14,18,21H,4-5H2,1-3H3;1-2H3. The summed E-state index contributed by atoms with van der Waals surface area (Å²) < 4.78 is 24.9. The van der Waals surface area contributed by atoms with E-state index in [2.05, 4.69) is 36.1 Å². The van der Waals surface area contributed by atoms with Gasteiger partial charge in [0, 0.05) is 29.0 Å². The van der Waals surface area contributed by atoms with Gasteiger partial charge in [-0.25, -0.2) is 4.39 Å². The summed E-state index contributed by atoms with van der Waals surface area (Å²) in [5, 5.41) is -0.0126. The Labute approximate surface area is 172 Å². The van der Waals surface area contributed by atoms with E-state index < -0.39 is 6.17 Å². The molecule has 0 bridgehead atoms. The molecule has 0 fully saturated rings. The lowest BCUT2D eigenvalue weighted by molar-refractivity contribution is 0.213. The first-order valence-electron chi connectivity index (χ1n) is 10.1. The number of para-hydroxylation sites is 1. The van der Waals surface area contributed by atoms with Gasteiger partial charge in [-0.05, 0) is 42.7 Å². The van der Waals surface area contributed by atoms with Crippen LogP contribution in [0.5, 0.6) is 5.75 Å². The topological polar surface area (TPSA) is 24.8 Å². The van der Waals surface area contributed by atoms with E-state index in [1.54, 1.807) is 7.11 Å². The van der Waals surface area contributed by atoms with Crippen molar-refractivity contribution in [1.29, 1.82) is 0 Å². The third kappa shape index (κ3) is 3.41. The van der Waals surface area contributed by atoms with E-state index in [9.17, 15) is 4.39 Å². The summed E-state index contributed by atoms with van der Waals surface area (Å²) in [6.07, 6.45) is 0.508. The Balaban J connectivity index is 0.00000109. The average molecular weight is 401 g/mol. The Kier molecular flexibility index (Phi) is 6.65. The number of anilines is 1. The maximum atomic E-state index is 14.7. The highest BCUT2D eigenvalue weighted by Crippen LogP contribution is 2.48. The van der Waals surface area contributed by atoms with Gasteiger partial charge in [0.2, 0.25) is 0 Å². The summed E-state index contributed by atoms with van der Waals surface area (Å²) in [7, 11) is 1.68. The number of methoxy groups -OCH3 is 1. The van der Waals surface area contributed by atoms with Crippen LogP contribution >= 0.6 is 11.9 Å². The molecule has 3 atom stereocenters. The highest BCUT2D eigenvalue weighted by atomic mass is 32.2. The van der Waals surface area contributed by atoms with Crippen LogP contribution in [0.25, 0.3) is 11.1 Å². The number of benzene rings is 2. The molecule has 2 aromatic carbocycles. The fraction of sp³-hybridized carbons (Fsp3) is 0.435. The summed E-state index contributed by atoms with van der Waals surface area (Å²) in [6.45, 7) is 7.99. The lowest BCUT2D eigenvalue weighted by Crippen LogP contribution is -2.44. The van der Waals surface area contributed by atoms with Crippen molar-refractivity contribution in [2.45, 2.75) is 52.1 Å². The molecular formula is C23H29FN2OS. The molecule has 28 heavy (non-hydrogen) atoms. The van der Waals surface area contributed by atoms with Gasteiger partial charge in [-0.3, -0.25) is 0 Å². The molecule has 2 heterocycles. The molecule has 3 unspecified atom stereocenters. The lowest BCUT2D eigenvalue weighted by Gasteiger charge is -2.37. The second-order valence-corrected chi connectivity index (χ2v) is 7.58. The molecule has 0 saturated heterocycles. The number of amidine groups is 1. The molecule has 0 aliphatic carbocycles. The van der Waals surface area contributed by atoms with Crippen molar-refractivity contribution in [2.75, 3.05) is 12.0 Å². The maximum absolute atomic E-state index is 14.7. The van der Waals surface area contributed by atoms with Gasteiger partial charge in [0.05, 0.1) is 12.8 Å². The van der Waals surface area contributed by atoms with Crippen molar-refractivity contribution in [2.24, 2.45) is 10.3 Å². The van der Waals surface area contributed by atoms with Gasteiger partial charge in [-0.1, -0.05) is 45.9 Å². The van der Waals surface area contributed by atoms with Crippen LogP contribution < -0.4 is 9.64 Å². The Bertz CT molecular complexity index is 854. The molecule has 3 nitrogen and oxygen atoms in total. The number of hydrogen-bond donors (Lipinski definition) is 0. The van der Waals surface area contributed by atoms with E-state index >= 15 is 0 Å². The first-order valence-corrected chi connectivity index (χ1v) is 11.0. The van der Waals surface area contributed by atoms with Gasteiger partial charge < -0.3 is 9.64 Å². The van der Waals surface area contributed by atoms with E-state index in [4.69, 9.17) is 9.13 Å². The van der Waals surface area contributed by atoms with Crippen molar-refractivity contribution in [3.8, 4) is 16.9 Å². The Morgan fingerprint density at radius 2 is 1.82 bits per heavy atom. The first kappa shape index (κ1) is 20.7. The van der Waals surface area contributed by atoms with Crippen molar-refractivity contribution in [3.63, 3.8) is 0 Å². The number of ether oxygens (including phenoxy) is 1. The van der Waals surface area contributed by atoms with E-state index in [-0.39, 0.29) is 11.3 Å². The molecule has 150 valence electrons. The van der Waals surface area contributed by atoms with Crippen LogP contribution in [0.4, 0.5) is 10.1 Å². The van der Waals surface area contributed by atoms with E-state index in [1.165, 1.54) is 11.9 Å². The lowest BCUT2D eigenvalue weighted by atomic mass is 9.90. The van der Waals surface area contributed by atoms with Crippen molar-refractivity contribution >= 4 is 23.5 Å². The van der Waals surface area contributed by atoms with Crippen LogP contribution in [0, 0.1) is 5.92 Å². The first-order chi connectivity index (χ1) is 13.7. The van der Waals surface area contributed by atoms with Crippen LogP contribution in [0.2, 0.25) is 0 Å². The zero-order valence-electron chi connectivity index (χ0n) is 17.3. The smallest absolute Gasteiger partial charge is 0.150 e. The Hall–Kier alpha value is -2.01. The number of alkyl halides is 1. The number of fused-ring (bicyclic) bond motifs is 6. The van der Waals surface area contributed by atoms with Crippen LogP contribution in [-0.4, -0.2) is 24.5 Å². The monoisotopic (exact) mass is 400 g/mol. The van der Waals surface area contributed by atoms with Gasteiger partial charge in [0.25, 0.3) is 0 Å². The molecule has 2 aromatic rings. The molecule has 2 aliphatic rings. The predicted molar refractivity (Wildman–Crippen MR) is 119 cm³/mol. The zero-order chi connectivity index (χ0) is 20.3. The number of rotatable bonds is 5. The van der Waals surface area contributed by atoms with Gasteiger partial charge >= 0.3 is 0 Å². The summed E-state index contributed by atoms with van der Waals surface area (Å²) in [5.41, 5.74) is 4.45. The molecule has 0 amide bonds. The molecule has 5 heteroatoms. The SMILES string of the molecule is CC.CCC(F)C(CC)C1SN=C2c3ccc(OC)cc3-c3ccccc3N21. The average Bonchev–Trinajstić information content (AvgIpc) is 3.20. The molecule has 2 aliphatic heterocycles. The third-order valence-electron chi connectivity index (χ3n) is 5.34. The molecule has 0 saturated carbocycles. The fourth-order valence-electron chi connectivity index (χ4n) is 3.93. The van der Waals surface area contributed by atoms with Crippen molar-refractivity contribution < 1.29 is 9.13 Å². The molecule has 4 rings (SSSR count). The van der Waals surface area contributed by atoms with Crippen LogP contribution in [-0.2, 0) is 0 Å². The number of nitrogens with zero attached hydrogens (tertiary/aromatic N) is 2. The summed E-state index contributed by atoms with van der Waals surface area (Å²) in [6, 6.07) is 14.4. The normalized spacial score (nSPS) is 18.7. The minimum atomic E-state index is -0.823. The number of halogens is 1. The minimum Gasteiger partial charge on any atom is -0.497 e. The third-order valence-corrected chi connectivity index (χ3v) is 6.40. The molecule has 0 N–H and O–H groups in total. The summed E-state index contributed by atoms with van der Waals surface area (Å²) in [4.78, 5) is 2.24. The van der Waals surface area contributed by atoms with E-state index in [0.29, 0.717) is 6.42 Å². The Morgan fingerprint density at radius 3 is 2.50 bits per heavy atom. The largest absolute Gasteiger partial charge is 0.497 e. The van der Waals surface area contributed by atoms with Crippen LogP contribution in [0.3, 0.4) is 0 Å². The van der Waals surface area contributed by atoms with Crippen LogP contribution in [0.1, 0.15) is 46.1 Å². The van der Waals surface area contributed by atoms with Crippen molar-refractivity contribution in [1.82, 2.24) is 0 Å². The van der Waals surface area contributed by atoms with Crippen LogP contribution in [0.15, 0.2) is 46.9 Å². The predicted octanol–water partition coefficient (Wildman–Crippen LogP) is 6.72. The fourth-order valence-corrected chi connectivity index (χ4v) is 5.15. The molecule has 0 aromatic heterocycles. The second-order valence-electron chi connectivity index (χ2n) is 6.71. The quantitative estimate of drug-likeness (QED) is 0.521. The van der Waals surface area contributed by atoms with Gasteiger partial charge in [0.15, 0.2) is 0 Å². The number of hydrogen-bond acceptors (Lipinski definition) is 4. The highest BCUT2D eigenvalue weighted by Gasteiger charge is 2.42. The second kappa shape index (κ2) is 8.99.